The second-order valence-corrected chi connectivity index (χ2v) is 5.31. The van der Waals surface area contributed by atoms with Crippen molar-refractivity contribution in [3.63, 3.8) is 0 Å². The van der Waals surface area contributed by atoms with E-state index in [1.807, 2.05) is 31.2 Å². The molecule has 0 spiro atoms. The van der Waals surface area contributed by atoms with E-state index in [-0.39, 0.29) is 11.8 Å². The Morgan fingerprint density at radius 3 is 2.67 bits per heavy atom. The van der Waals surface area contributed by atoms with Gasteiger partial charge in [0.25, 0.3) is 0 Å². The topological polar surface area (TPSA) is 41.1 Å². The van der Waals surface area contributed by atoms with Crippen LogP contribution in [0, 0.1) is 11.8 Å². The fourth-order valence-corrected chi connectivity index (χ4v) is 2.15. The smallest absolute Gasteiger partial charge is 0.223 e. The largest absolute Gasteiger partial charge is 0.356 e. The molecule has 0 aromatic heterocycles. The zero-order chi connectivity index (χ0) is 13.0. The maximum Gasteiger partial charge on any atom is 0.223 e. The van der Waals surface area contributed by atoms with Crippen molar-refractivity contribution in [1.82, 2.24) is 10.6 Å². The highest BCUT2D eigenvalue weighted by molar-refractivity contribution is 6.30. The Morgan fingerprint density at radius 1 is 1.44 bits per heavy atom. The third kappa shape index (κ3) is 3.47. The van der Waals surface area contributed by atoms with Crippen LogP contribution in [0.15, 0.2) is 24.3 Å². The van der Waals surface area contributed by atoms with E-state index in [1.54, 1.807) is 0 Å². The summed E-state index contributed by atoms with van der Waals surface area (Å²) in [6.07, 6.45) is 0.846. The van der Waals surface area contributed by atoms with E-state index in [0.29, 0.717) is 12.5 Å². The first kappa shape index (κ1) is 13.4. The number of carbonyl (C=O) groups excluding carboxylic acids is 1. The number of hydrogen-bond acceptors (Lipinski definition) is 2. The molecule has 98 valence electrons. The molecule has 0 saturated carbocycles. The van der Waals surface area contributed by atoms with Crippen LogP contribution in [-0.2, 0) is 11.2 Å². The molecule has 1 aromatic rings. The molecule has 0 bridgehead atoms. The van der Waals surface area contributed by atoms with Crippen LogP contribution in [0.25, 0.3) is 0 Å². The highest BCUT2D eigenvalue weighted by Gasteiger charge is 2.28. The molecule has 0 aliphatic carbocycles. The van der Waals surface area contributed by atoms with Gasteiger partial charge in [-0.25, -0.2) is 0 Å². The highest BCUT2D eigenvalue weighted by atomic mass is 35.5. The number of carbonyl (C=O) groups is 1. The van der Waals surface area contributed by atoms with E-state index in [4.69, 9.17) is 11.6 Å². The van der Waals surface area contributed by atoms with Crippen LogP contribution in [0.2, 0.25) is 5.02 Å². The van der Waals surface area contributed by atoms with E-state index < -0.39 is 0 Å². The number of rotatable bonds is 5. The predicted octanol–water partition coefficient (Wildman–Crippen LogP) is 1.85. The summed E-state index contributed by atoms with van der Waals surface area (Å²) in [5.41, 5.74) is 1.19. The Labute approximate surface area is 113 Å². The van der Waals surface area contributed by atoms with Crippen LogP contribution in [-0.4, -0.2) is 25.5 Å². The van der Waals surface area contributed by atoms with Gasteiger partial charge in [-0.2, -0.15) is 0 Å². The Hall–Kier alpha value is -1.06. The molecule has 4 heteroatoms. The third-order valence-corrected chi connectivity index (χ3v) is 3.81. The zero-order valence-electron chi connectivity index (χ0n) is 10.6. The number of benzene rings is 1. The fourth-order valence-electron chi connectivity index (χ4n) is 2.02. The Kier molecular flexibility index (Phi) is 4.61. The Balaban J connectivity index is 1.71. The van der Waals surface area contributed by atoms with Gasteiger partial charge in [0.1, 0.15) is 0 Å². The average molecular weight is 267 g/mol. The van der Waals surface area contributed by atoms with Crippen molar-refractivity contribution < 1.29 is 4.79 Å². The molecule has 1 unspecified atom stereocenters. The lowest BCUT2D eigenvalue weighted by atomic mass is 9.88. The van der Waals surface area contributed by atoms with Crippen molar-refractivity contribution in [1.29, 1.82) is 0 Å². The minimum Gasteiger partial charge on any atom is -0.356 e. The number of halogens is 1. The fraction of sp³-hybridized carbons (Fsp3) is 0.500. The van der Waals surface area contributed by atoms with Crippen molar-refractivity contribution in [2.45, 2.75) is 13.3 Å². The van der Waals surface area contributed by atoms with Gasteiger partial charge < -0.3 is 10.6 Å². The Morgan fingerprint density at radius 2 is 2.11 bits per heavy atom. The van der Waals surface area contributed by atoms with Crippen LogP contribution >= 0.6 is 11.6 Å². The van der Waals surface area contributed by atoms with E-state index >= 15 is 0 Å². The van der Waals surface area contributed by atoms with Gasteiger partial charge in [-0.3, -0.25) is 4.79 Å². The highest BCUT2D eigenvalue weighted by Crippen LogP contribution is 2.15. The number of nitrogens with one attached hydrogen (secondary N) is 2. The summed E-state index contributed by atoms with van der Waals surface area (Å²) in [5, 5.41) is 6.93. The lowest BCUT2D eigenvalue weighted by Crippen LogP contribution is -2.49. The van der Waals surface area contributed by atoms with Gasteiger partial charge in [0.15, 0.2) is 0 Å². The van der Waals surface area contributed by atoms with E-state index in [1.165, 1.54) is 5.56 Å². The molecule has 1 fully saturated rings. The molecular formula is C14H19ClN2O. The zero-order valence-corrected chi connectivity index (χ0v) is 11.3. The molecule has 2 rings (SSSR count). The molecule has 18 heavy (non-hydrogen) atoms. The van der Waals surface area contributed by atoms with Crippen molar-refractivity contribution in [2.24, 2.45) is 11.8 Å². The van der Waals surface area contributed by atoms with E-state index in [2.05, 4.69) is 10.6 Å². The summed E-state index contributed by atoms with van der Waals surface area (Å²) in [6.45, 7) is 4.62. The van der Waals surface area contributed by atoms with E-state index in [0.717, 1.165) is 24.5 Å². The van der Waals surface area contributed by atoms with E-state index in [9.17, 15) is 4.79 Å². The van der Waals surface area contributed by atoms with Crippen molar-refractivity contribution in [3.8, 4) is 0 Å². The molecule has 3 nitrogen and oxygen atoms in total. The van der Waals surface area contributed by atoms with Gasteiger partial charge in [-0.15, -0.1) is 0 Å². The minimum absolute atomic E-state index is 0.108. The van der Waals surface area contributed by atoms with Crippen LogP contribution in [0.4, 0.5) is 0 Å². The molecule has 1 aromatic carbocycles. The molecule has 1 atom stereocenters. The van der Waals surface area contributed by atoms with Crippen LogP contribution in [0.3, 0.4) is 0 Å². The summed E-state index contributed by atoms with van der Waals surface area (Å²) in [6, 6.07) is 7.74. The molecule has 2 N–H and O–H groups in total. The number of hydrogen-bond donors (Lipinski definition) is 2. The first-order valence-corrected chi connectivity index (χ1v) is 6.77. The SMILES string of the molecule is CC(C(=O)NCCc1ccc(Cl)cc1)C1CNC1. The van der Waals surface area contributed by atoms with Crippen LogP contribution < -0.4 is 10.6 Å². The van der Waals surface area contributed by atoms with Crippen molar-refractivity contribution >= 4 is 17.5 Å². The van der Waals surface area contributed by atoms with Crippen LogP contribution in [0.5, 0.6) is 0 Å². The van der Waals surface area contributed by atoms with Crippen LogP contribution in [0.1, 0.15) is 12.5 Å². The second-order valence-electron chi connectivity index (χ2n) is 4.87. The summed E-state index contributed by atoms with van der Waals surface area (Å²) in [5.74, 6) is 0.771. The molecule has 1 aliphatic rings. The Bertz CT molecular complexity index is 401. The van der Waals surface area contributed by atoms with Gasteiger partial charge >= 0.3 is 0 Å². The molecule has 1 amide bonds. The van der Waals surface area contributed by atoms with Gasteiger partial charge in [-0.1, -0.05) is 30.7 Å². The van der Waals surface area contributed by atoms with Gasteiger partial charge in [0.2, 0.25) is 5.91 Å². The molecular weight excluding hydrogens is 248 g/mol. The monoisotopic (exact) mass is 266 g/mol. The van der Waals surface area contributed by atoms with Gasteiger partial charge in [0.05, 0.1) is 0 Å². The average Bonchev–Trinajstić information content (AvgIpc) is 2.29. The maximum absolute atomic E-state index is 11.9. The minimum atomic E-state index is 0.108. The molecule has 1 aliphatic heterocycles. The first-order chi connectivity index (χ1) is 8.66. The third-order valence-electron chi connectivity index (χ3n) is 3.56. The maximum atomic E-state index is 11.9. The van der Waals surface area contributed by atoms with Crippen molar-refractivity contribution in [3.05, 3.63) is 34.9 Å². The lowest BCUT2D eigenvalue weighted by molar-refractivity contribution is -0.126. The van der Waals surface area contributed by atoms with Crippen molar-refractivity contribution in [2.75, 3.05) is 19.6 Å². The lowest BCUT2D eigenvalue weighted by Gasteiger charge is -2.31. The predicted molar refractivity (Wildman–Crippen MR) is 73.7 cm³/mol. The standard InChI is InChI=1S/C14H19ClN2O/c1-10(12-8-16-9-12)14(18)17-7-6-11-2-4-13(15)5-3-11/h2-5,10,12,16H,6-9H2,1H3,(H,17,18). The number of amides is 1. The van der Waals surface area contributed by atoms with Gasteiger partial charge in [-0.05, 0) is 43.1 Å². The first-order valence-electron chi connectivity index (χ1n) is 6.39. The summed E-state index contributed by atoms with van der Waals surface area (Å²) < 4.78 is 0. The summed E-state index contributed by atoms with van der Waals surface area (Å²) >= 11 is 5.82. The molecule has 1 saturated heterocycles. The summed E-state index contributed by atoms with van der Waals surface area (Å²) in [4.78, 5) is 11.9. The normalized spacial score (nSPS) is 17.0. The quantitative estimate of drug-likeness (QED) is 0.854. The summed E-state index contributed by atoms with van der Waals surface area (Å²) in [7, 11) is 0. The van der Waals surface area contributed by atoms with Gasteiger partial charge in [0, 0.05) is 17.5 Å². The second kappa shape index (κ2) is 6.21. The molecule has 1 heterocycles. The molecule has 0 radical (unpaired) electrons.